The predicted molar refractivity (Wildman–Crippen MR) is 179 cm³/mol. The van der Waals surface area contributed by atoms with E-state index >= 15 is 0 Å². The summed E-state index contributed by atoms with van der Waals surface area (Å²) in [5.41, 5.74) is 6.51. The predicted octanol–water partition coefficient (Wildman–Crippen LogP) is 0.564. The van der Waals surface area contributed by atoms with Crippen LogP contribution >= 0.6 is 7.82 Å². The van der Waals surface area contributed by atoms with Gasteiger partial charge in [0.2, 0.25) is 17.7 Å². The van der Waals surface area contributed by atoms with Crippen molar-refractivity contribution in [3.05, 3.63) is 124 Å². The number of aliphatic carboxylic acids is 1. The fourth-order valence-electron chi connectivity index (χ4n) is 4.88. The number of hydrogen-bond donors (Lipinski definition) is 7. The second-order valence-corrected chi connectivity index (χ2v) is 12.3. The molecule has 0 radical (unpaired) electrons. The molecule has 3 aromatic carbocycles. The normalized spacial score (nSPS) is 12.9. The molecule has 3 unspecified atom stereocenters. The summed E-state index contributed by atoms with van der Waals surface area (Å²) in [6, 6.07) is 20.1. The Bertz CT molecular complexity index is 1900. The highest BCUT2D eigenvalue weighted by atomic mass is 31.2. The van der Waals surface area contributed by atoms with Gasteiger partial charge in [-0.15, -0.1) is 0 Å². The van der Waals surface area contributed by atoms with Crippen molar-refractivity contribution < 1.29 is 43.2 Å². The summed E-state index contributed by atoms with van der Waals surface area (Å²) in [4.78, 5) is 86.5. The van der Waals surface area contributed by atoms with Gasteiger partial charge in [-0.1, -0.05) is 72.8 Å². The van der Waals surface area contributed by atoms with Crippen molar-refractivity contribution in [1.82, 2.24) is 25.5 Å². The van der Waals surface area contributed by atoms with Crippen LogP contribution in [0.25, 0.3) is 0 Å². The highest BCUT2D eigenvalue weighted by Crippen LogP contribution is 2.37. The average molecular weight is 707 g/mol. The molecule has 0 aliphatic carbocycles. The number of phosphoric acid groups is 1. The largest absolute Gasteiger partial charge is 0.524 e. The second-order valence-electron chi connectivity index (χ2n) is 11.2. The van der Waals surface area contributed by atoms with Crippen LogP contribution in [0.4, 0.5) is 5.82 Å². The van der Waals surface area contributed by atoms with E-state index in [-0.39, 0.29) is 30.8 Å². The van der Waals surface area contributed by atoms with Gasteiger partial charge in [0.25, 0.3) is 0 Å². The van der Waals surface area contributed by atoms with E-state index in [0.29, 0.717) is 16.7 Å². The van der Waals surface area contributed by atoms with E-state index in [1.165, 1.54) is 36.5 Å². The molecule has 0 bridgehead atoms. The molecule has 1 aromatic heterocycles. The fraction of sp³-hybridized carbons (Fsp3) is 0.212. The van der Waals surface area contributed by atoms with Gasteiger partial charge in [0.1, 0.15) is 36.2 Å². The number of carboxylic acid groups (broad SMARTS) is 1. The van der Waals surface area contributed by atoms with Crippen LogP contribution in [0.15, 0.2) is 102 Å². The highest BCUT2D eigenvalue weighted by Gasteiger charge is 2.30. The third kappa shape index (κ3) is 11.7. The van der Waals surface area contributed by atoms with E-state index in [1.807, 2.05) is 0 Å². The van der Waals surface area contributed by atoms with E-state index in [9.17, 15) is 33.6 Å². The third-order valence-electron chi connectivity index (χ3n) is 7.26. The van der Waals surface area contributed by atoms with Crippen LogP contribution in [0.1, 0.15) is 16.7 Å². The van der Waals surface area contributed by atoms with E-state index in [2.05, 4.69) is 25.5 Å². The van der Waals surface area contributed by atoms with Gasteiger partial charge in [-0.2, -0.15) is 4.98 Å². The first kappa shape index (κ1) is 37.0. The number of carboxylic acids is 1. The molecule has 8 N–H and O–H groups in total. The number of phosphoric ester groups is 1. The average Bonchev–Trinajstić information content (AvgIpc) is 3.06. The van der Waals surface area contributed by atoms with Gasteiger partial charge in [0, 0.05) is 25.5 Å². The molecule has 16 nitrogen and oxygen atoms in total. The number of nitrogens with two attached hydrogens (primary N) is 1. The SMILES string of the molecule is Nc1ccn(CC(=O)NC(Cc2ccccc2)C(=O)NC(Cc2ccccc2)C(=O)NC(Cc2ccc(OP(=O)(O)O)cc2)C(=O)O)c(=O)n1. The topological polar surface area (TPSA) is 252 Å². The molecule has 0 aliphatic rings. The molecule has 0 aliphatic heterocycles. The van der Waals surface area contributed by atoms with E-state index < -0.39 is 61.9 Å². The van der Waals surface area contributed by atoms with Crippen LogP contribution in [-0.2, 0) is 49.6 Å². The summed E-state index contributed by atoms with van der Waals surface area (Å²) < 4.78 is 16.6. The highest BCUT2D eigenvalue weighted by molar-refractivity contribution is 7.46. The quantitative estimate of drug-likeness (QED) is 0.0790. The Balaban J connectivity index is 1.54. The maximum absolute atomic E-state index is 13.8. The fourth-order valence-corrected chi connectivity index (χ4v) is 5.28. The monoisotopic (exact) mass is 706 g/mol. The molecule has 0 spiro atoms. The molecular weight excluding hydrogens is 671 g/mol. The number of rotatable bonds is 16. The summed E-state index contributed by atoms with van der Waals surface area (Å²) in [6.07, 6.45) is 1.07. The lowest BCUT2D eigenvalue weighted by atomic mass is 10.0. The minimum absolute atomic E-state index is 0.0203. The van der Waals surface area contributed by atoms with Crippen LogP contribution in [0.5, 0.6) is 5.75 Å². The zero-order valence-electron chi connectivity index (χ0n) is 26.4. The standard InChI is InChI=1S/C33H35N6O10P/c34-28-15-16-39(33(45)38-28)20-29(40)35-25(17-21-7-3-1-4-8-21)30(41)36-26(18-22-9-5-2-6-10-22)31(42)37-27(32(43)44)19-23-11-13-24(14-12-23)49-50(46,47)48/h1-16,25-27H,17-20H2,(H,35,40)(H,36,41)(H,37,42)(H,43,44)(H2,34,38,45)(H2,46,47,48). The number of carbonyl (C=O) groups is 4. The Morgan fingerprint density at radius 3 is 1.72 bits per heavy atom. The minimum atomic E-state index is -4.80. The van der Waals surface area contributed by atoms with Crippen LogP contribution in [-0.4, -0.2) is 66.3 Å². The Hall–Kier alpha value is -5.83. The Morgan fingerprint density at radius 1 is 0.740 bits per heavy atom. The molecule has 0 saturated heterocycles. The summed E-state index contributed by atoms with van der Waals surface area (Å²) in [5.74, 6) is -3.79. The van der Waals surface area contributed by atoms with Gasteiger partial charge in [-0.3, -0.25) is 28.7 Å². The molecule has 50 heavy (non-hydrogen) atoms. The summed E-state index contributed by atoms with van der Waals surface area (Å²) in [7, 11) is -4.80. The third-order valence-corrected chi connectivity index (χ3v) is 7.71. The van der Waals surface area contributed by atoms with E-state index in [4.69, 9.17) is 15.5 Å². The van der Waals surface area contributed by atoms with Crippen molar-refractivity contribution in [3.63, 3.8) is 0 Å². The van der Waals surface area contributed by atoms with Gasteiger partial charge < -0.3 is 31.3 Å². The van der Waals surface area contributed by atoms with Gasteiger partial charge in [-0.05, 0) is 34.9 Å². The number of carbonyl (C=O) groups excluding carboxylic acids is 3. The van der Waals surface area contributed by atoms with Crippen LogP contribution < -0.4 is 31.9 Å². The zero-order chi connectivity index (χ0) is 36.3. The number of nitrogen functional groups attached to an aromatic ring is 1. The Kier molecular flexibility index (Phi) is 12.6. The van der Waals surface area contributed by atoms with Crippen molar-refractivity contribution in [2.75, 3.05) is 5.73 Å². The van der Waals surface area contributed by atoms with Gasteiger partial charge in [-0.25, -0.2) is 14.2 Å². The lowest BCUT2D eigenvalue weighted by Crippen LogP contribution is -2.57. The second kappa shape index (κ2) is 17.0. The van der Waals surface area contributed by atoms with Crippen molar-refractivity contribution in [2.45, 2.75) is 43.9 Å². The van der Waals surface area contributed by atoms with Crippen molar-refractivity contribution in [2.24, 2.45) is 0 Å². The van der Waals surface area contributed by atoms with Gasteiger partial charge >= 0.3 is 19.5 Å². The number of hydrogen-bond acceptors (Lipinski definition) is 9. The Labute approximate surface area is 285 Å². The maximum atomic E-state index is 13.8. The summed E-state index contributed by atoms with van der Waals surface area (Å²) in [6.45, 7) is -0.467. The maximum Gasteiger partial charge on any atom is 0.524 e. The lowest BCUT2D eigenvalue weighted by molar-refractivity contribution is -0.142. The Morgan fingerprint density at radius 2 is 1.22 bits per heavy atom. The first-order valence-electron chi connectivity index (χ1n) is 15.1. The van der Waals surface area contributed by atoms with Gasteiger partial charge in [0.15, 0.2) is 0 Å². The molecular formula is C33H35N6O10P. The molecule has 262 valence electrons. The number of aromatic nitrogens is 2. The number of nitrogens with zero attached hydrogens (tertiary/aromatic N) is 2. The molecule has 0 saturated carbocycles. The van der Waals surface area contributed by atoms with Crippen LogP contribution in [0.3, 0.4) is 0 Å². The van der Waals surface area contributed by atoms with Crippen molar-refractivity contribution in [1.29, 1.82) is 0 Å². The smallest absolute Gasteiger partial charge is 0.480 e. The molecule has 4 aromatic rings. The number of anilines is 1. The van der Waals surface area contributed by atoms with Crippen molar-refractivity contribution in [3.8, 4) is 5.75 Å². The molecule has 1 heterocycles. The van der Waals surface area contributed by atoms with Gasteiger partial charge in [0.05, 0.1) is 0 Å². The van der Waals surface area contributed by atoms with E-state index in [0.717, 1.165) is 4.57 Å². The minimum Gasteiger partial charge on any atom is -0.480 e. The number of nitrogens with one attached hydrogen (secondary N) is 3. The lowest BCUT2D eigenvalue weighted by Gasteiger charge is -2.25. The molecule has 4 rings (SSSR count). The van der Waals surface area contributed by atoms with E-state index in [1.54, 1.807) is 60.7 Å². The molecule has 0 fully saturated rings. The molecule has 17 heteroatoms. The number of benzene rings is 3. The number of amides is 3. The first-order chi connectivity index (χ1) is 23.8. The molecule has 3 atom stereocenters. The molecule has 3 amide bonds. The summed E-state index contributed by atoms with van der Waals surface area (Å²) >= 11 is 0. The zero-order valence-corrected chi connectivity index (χ0v) is 27.3. The van der Waals surface area contributed by atoms with Crippen molar-refractivity contribution >= 4 is 37.3 Å². The summed E-state index contributed by atoms with van der Waals surface area (Å²) in [5, 5.41) is 17.7. The van der Waals surface area contributed by atoms with Crippen LogP contribution in [0.2, 0.25) is 0 Å². The van der Waals surface area contributed by atoms with Crippen LogP contribution in [0, 0.1) is 0 Å². The first-order valence-corrected chi connectivity index (χ1v) is 16.7.